The SMILES string of the molecule is CCC(C)C(=O)NCc1ccc(C(=O)O)cc1. The van der Waals surface area contributed by atoms with Gasteiger partial charge in [0.1, 0.15) is 0 Å². The van der Waals surface area contributed by atoms with Gasteiger partial charge in [0.15, 0.2) is 0 Å². The van der Waals surface area contributed by atoms with E-state index in [2.05, 4.69) is 5.32 Å². The van der Waals surface area contributed by atoms with Crippen LogP contribution in [0.25, 0.3) is 0 Å². The van der Waals surface area contributed by atoms with Crippen molar-refractivity contribution in [3.8, 4) is 0 Å². The second-order valence-electron chi connectivity index (χ2n) is 4.03. The monoisotopic (exact) mass is 235 g/mol. The van der Waals surface area contributed by atoms with E-state index in [0.717, 1.165) is 12.0 Å². The molecule has 0 aliphatic rings. The van der Waals surface area contributed by atoms with Crippen LogP contribution in [0.1, 0.15) is 36.2 Å². The van der Waals surface area contributed by atoms with Gasteiger partial charge in [0.25, 0.3) is 0 Å². The smallest absolute Gasteiger partial charge is 0.335 e. The number of hydrogen-bond acceptors (Lipinski definition) is 2. The Morgan fingerprint density at radius 1 is 1.29 bits per heavy atom. The zero-order valence-electron chi connectivity index (χ0n) is 10.1. The van der Waals surface area contributed by atoms with Crippen molar-refractivity contribution in [3.05, 3.63) is 35.4 Å². The highest BCUT2D eigenvalue weighted by Crippen LogP contribution is 2.05. The molecule has 0 bridgehead atoms. The highest BCUT2D eigenvalue weighted by molar-refractivity contribution is 5.87. The van der Waals surface area contributed by atoms with Gasteiger partial charge in [-0.05, 0) is 24.1 Å². The number of hydrogen-bond donors (Lipinski definition) is 2. The topological polar surface area (TPSA) is 66.4 Å². The standard InChI is InChI=1S/C13H17NO3/c1-3-9(2)12(15)14-8-10-4-6-11(7-5-10)13(16)17/h4-7,9H,3,8H2,1-2H3,(H,14,15)(H,16,17). The minimum atomic E-state index is -0.944. The summed E-state index contributed by atoms with van der Waals surface area (Å²) in [6.45, 7) is 4.28. The Labute approximate surface area is 101 Å². The van der Waals surface area contributed by atoms with E-state index in [1.807, 2.05) is 13.8 Å². The molecule has 0 heterocycles. The van der Waals surface area contributed by atoms with E-state index in [4.69, 9.17) is 5.11 Å². The van der Waals surface area contributed by atoms with Crippen LogP contribution >= 0.6 is 0 Å². The van der Waals surface area contributed by atoms with Crippen molar-refractivity contribution in [2.24, 2.45) is 5.92 Å². The molecule has 1 aromatic rings. The molecule has 2 N–H and O–H groups in total. The third-order valence-corrected chi connectivity index (χ3v) is 2.73. The lowest BCUT2D eigenvalue weighted by atomic mass is 10.1. The summed E-state index contributed by atoms with van der Waals surface area (Å²) in [6, 6.07) is 6.49. The number of nitrogens with one attached hydrogen (secondary N) is 1. The Morgan fingerprint density at radius 2 is 1.88 bits per heavy atom. The molecule has 0 saturated carbocycles. The maximum absolute atomic E-state index is 11.5. The third-order valence-electron chi connectivity index (χ3n) is 2.73. The van der Waals surface area contributed by atoms with E-state index < -0.39 is 5.97 Å². The first-order valence-electron chi connectivity index (χ1n) is 5.64. The predicted molar refractivity (Wildman–Crippen MR) is 64.7 cm³/mol. The molecule has 0 spiro atoms. The van der Waals surface area contributed by atoms with Crippen LogP contribution in [0.2, 0.25) is 0 Å². The summed E-state index contributed by atoms with van der Waals surface area (Å²) in [5.74, 6) is -0.914. The molecule has 0 aliphatic carbocycles. The maximum atomic E-state index is 11.5. The fourth-order valence-corrected chi connectivity index (χ4v) is 1.31. The molecule has 1 amide bonds. The summed E-state index contributed by atoms with van der Waals surface area (Å²) in [5, 5.41) is 11.5. The first-order chi connectivity index (χ1) is 8.04. The minimum Gasteiger partial charge on any atom is -0.478 e. The van der Waals surface area contributed by atoms with Crippen LogP contribution < -0.4 is 5.32 Å². The highest BCUT2D eigenvalue weighted by Gasteiger charge is 2.09. The van der Waals surface area contributed by atoms with Gasteiger partial charge in [-0.2, -0.15) is 0 Å². The van der Waals surface area contributed by atoms with Crippen LogP contribution in [0, 0.1) is 5.92 Å². The van der Waals surface area contributed by atoms with Gasteiger partial charge < -0.3 is 10.4 Å². The lowest BCUT2D eigenvalue weighted by molar-refractivity contribution is -0.124. The lowest BCUT2D eigenvalue weighted by Gasteiger charge is -2.09. The Hall–Kier alpha value is -1.84. The van der Waals surface area contributed by atoms with E-state index in [9.17, 15) is 9.59 Å². The lowest BCUT2D eigenvalue weighted by Crippen LogP contribution is -2.28. The van der Waals surface area contributed by atoms with Crippen LogP contribution in [-0.4, -0.2) is 17.0 Å². The van der Waals surface area contributed by atoms with Gasteiger partial charge in [0.05, 0.1) is 5.56 Å². The molecule has 4 nitrogen and oxygen atoms in total. The number of carbonyl (C=O) groups excluding carboxylic acids is 1. The van der Waals surface area contributed by atoms with Crippen molar-refractivity contribution >= 4 is 11.9 Å². The van der Waals surface area contributed by atoms with Crippen molar-refractivity contribution in [2.45, 2.75) is 26.8 Å². The molecule has 4 heteroatoms. The second kappa shape index (κ2) is 6.03. The molecule has 1 rings (SSSR count). The van der Waals surface area contributed by atoms with Crippen LogP contribution in [0.5, 0.6) is 0 Å². The van der Waals surface area contributed by atoms with Crippen molar-refractivity contribution in [1.29, 1.82) is 0 Å². The van der Waals surface area contributed by atoms with Gasteiger partial charge in [0.2, 0.25) is 5.91 Å². The number of carbonyl (C=O) groups is 2. The molecule has 1 unspecified atom stereocenters. The van der Waals surface area contributed by atoms with Crippen LogP contribution in [0.3, 0.4) is 0 Å². The Morgan fingerprint density at radius 3 is 2.35 bits per heavy atom. The largest absolute Gasteiger partial charge is 0.478 e. The van der Waals surface area contributed by atoms with Crippen LogP contribution in [-0.2, 0) is 11.3 Å². The zero-order valence-corrected chi connectivity index (χ0v) is 10.1. The number of aromatic carboxylic acids is 1. The third kappa shape index (κ3) is 3.90. The zero-order chi connectivity index (χ0) is 12.8. The Kier molecular flexibility index (Phi) is 4.69. The Bertz CT molecular complexity index is 398. The van der Waals surface area contributed by atoms with E-state index in [0.29, 0.717) is 6.54 Å². The first kappa shape index (κ1) is 13.2. The van der Waals surface area contributed by atoms with Gasteiger partial charge in [-0.15, -0.1) is 0 Å². The van der Waals surface area contributed by atoms with E-state index in [1.54, 1.807) is 12.1 Å². The van der Waals surface area contributed by atoms with Crippen LogP contribution in [0.4, 0.5) is 0 Å². The van der Waals surface area contributed by atoms with Crippen molar-refractivity contribution in [2.75, 3.05) is 0 Å². The quantitative estimate of drug-likeness (QED) is 0.820. The average molecular weight is 235 g/mol. The minimum absolute atomic E-state index is 0.00768. The molecule has 92 valence electrons. The van der Waals surface area contributed by atoms with Crippen molar-refractivity contribution in [1.82, 2.24) is 5.32 Å². The molecule has 0 aliphatic heterocycles. The number of amides is 1. The summed E-state index contributed by atoms with van der Waals surface area (Å²) in [5.41, 5.74) is 1.15. The molecule has 0 fully saturated rings. The summed E-state index contributed by atoms with van der Waals surface area (Å²) in [7, 11) is 0. The molecule has 1 aromatic carbocycles. The fourth-order valence-electron chi connectivity index (χ4n) is 1.31. The molecule has 17 heavy (non-hydrogen) atoms. The van der Waals surface area contributed by atoms with Gasteiger partial charge in [-0.3, -0.25) is 4.79 Å². The summed E-state index contributed by atoms with van der Waals surface area (Å²) in [4.78, 5) is 22.2. The number of rotatable bonds is 5. The number of benzene rings is 1. The van der Waals surface area contributed by atoms with Gasteiger partial charge >= 0.3 is 5.97 Å². The van der Waals surface area contributed by atoms with Crippen LogP contribution in [0.15, 0.2) is 24.3 Å². The van der Waals surface area contributed by atoms with E-state index >= 15 is 0 Å². The predicted octanol–water partition coefficient (Wildman–Crippen LogP) is 2.05. The van der Waals surface area contributed by atoms with Gasteiger partial charge in [0, 0.05) is 12.5 Å². The fraction of sp³-hybridized carbons (Fsp3) is 0.385. The van der Waals surface area contributed by atoms with Gasteiger partial charge in [-0.25, -0.2) is 4.79 Å². The molecule has 1 atom stereocenters. The number of carboxylic acids is 1. The highest BCUT2D eigenvalue weighted by atomic mass is 16.4. The molecular formula is C13H17NO3. The summed E-state index contributed by atoms with van der Waals surface area (Å²) in [6.07, 6.45) is 0.809. The molecule has 0 saturated heterocycles. The molecular weight excluding hydrogens is 218 g/mol. The summed E-state index contributed by atoms with van der Waals surface area (Å²) >= 11 is 0. The molecule has 0 aromatic heterocycles. The normalized spacial score (nSPS) is 11.9. The number of carboxylic acid groups (broad SMARTS) is 1. The average Bonchev–Trinajstić information content (AvgIpc) is 2.35. The summed E-state index contributed by atoms with van der Waals surface area (Å²) < 4.78 is 0. The maximum Gasteiger partial charge on any atom is 0.335 e. The van der Waals surface area contributed by atoms with Gasteiger partial charge in [-0.1, -0.05) is 26.0 Å². The van der Waals surface area contributed by atoms with Crippen molar-refractivity contribution < 1.29 is 14.7 Å². The second-order valence-corrected chi connectivity index (χ2v) is 4.03. The Balaban J connectivity index is 2.53. The van der Waals surface area contributed by atoms with E-state index in [1.165, 1.54) is 12.1 Å². The van der Waals surface area contributed by atoms with E-state index in [-0.39, 0.29) is 17.4 Å². The molecule has 0 radical (unpaired) electrons. The van der Waals surface area contributed by atoms with Crippen molar-refractivity contribution in [3.63, 3.8) is 0 Å². The first-order valence-corrected chi connectivity index (χ1v) is 5.64.